The molecule has 2 heterocycles. The molecule has 0 aromatic heterocycles. The van der Waals surface area contributed by atoms with E-state index in [1.807, 2.05) is 13.0 Å². The van der Waals surface area contributed by atoms with E-state index in [1.54, 1.807) is 18.2 Å². The molecule has 4 atom stereocenters. The maximum Gasteiger partial charge on any atom is 0.240 e. The van der Waals surface area contributed by atoms with Crippen LogP contribution in [-0.2, 0) is 14.8 Å². The lowest BCUT2D eigenvalue weighted by Gasteiger charge is -2.20. The fourth-order valence-electron chi connectivity index (χ4n) is 3.18. The SMILES string of the molecule is CCC(N)c1cccc(S(=O)(=O)NC2CC3CCC2O3)c1. The van der Waals surface area contributed by atoms with Crippen molar-refractivity contribution < 1.29 is 13.2 Å². The van der Waals surface area contributed by atoms with E-state index in [-0.39, 0.29) is 29.2 Å². The van der Waals surface area contributed by atoms with E-state index in [1.165, 1.54) is 0 Å². The number of nitrogens with one attached hydrogen (secondary N) is 1. The van der Waals surface area contributed by atoms with Crippen LogP contribution in [0, 0.1) is 0 Å². The molecule has 5 nitrogen and oxygen atoms in total. The van der Waals surface area contributed by atoms with Gasteiger partial charge in [-0.25, -0.2) is 13.1 Å². The second-order valence-corrected chi connectivity index (χ2v) is 7.64. The van der Waals surface area contributed by atoms with Gasteiger partial charge in [0.2, 0.25) is 10.0 Å². The molecule has 6 heteroatoms. The van der Waals surface area contributed by atoms with E-state index >= 15 is 0 Å². The Balaban J connectivity index is 1.78. The molecule has 0 amide bonds. The number of benzene rings is 1. The largest absolute Gasteiger partial charge is 0.373 e. The molecule has 0 radical (unpaired) electrons. The summed E-state index contributed by atoms with van der Waals surface area (Å²) < 4.78 is 33.5. The third-order valence-electron chi connectivity index (χ3n) is 4.45. The number of ether oxygens (including phenoxy) is 1. The number of hydrogen-bond acceptors (Lipinski definition) is 4. The molecule has 2 aliphatic rings. The quantitative estimate of drug-likeness (QED) is 0.867. The van der Waals surface area contributed by atoms with Crippen LogP contribution in [0.15, 0.2) is 29.2 Å². The minimum atomic E-state index is -3.52. The smallest absolute Gasteiger partial charge is 0.240 e. The maximum absolute atomic E-state index is 12.5. The van der Waals surface area contributed by atoms with Gasteiger partial charge in [-0.3, -0.25) is 0 Å². The van der Waals surface area contributed by atoms with E-state index < -0.39 is 10.0 Å². The number of hydrogen-bond donors (Lipinski definition) is 2. The summed E-state index contributed by atoms with van der Waals surface area (Å²) in [5.74, 6) is 0. The topological polar surface area (TPSA) is 81.4 Å². The average Bonchev–Trinajstić information content (AvgIpc) is 3.08. The molecule has 2 bridgehead atoms. The lowest BCUT2D eigenvalue weighted by Crippen LogP contribution is -2.41. The highest BCUT2D eigenvalue weighted by Gasteiger charge is 2.42. The van der Waals surface area contributed by atoms with Gasteiger partial charge in [0.1, 0.15) is 0 Å². The number of rotatable bonds is 5. The lowest BCUT2D eigenvalue weighted by molar-refractivity contribution is 0.0996. The molecule has 3 rings (SSSR count). The first-order valence-corrected chi connectivity index (χ1v) is 9.01. The van der Waals surface area contributed by atoms with Gasteiger partial charge >= 0.3 is 0 Å². The Kier molecular flexibility index (Phi) is 4.05. The first kappa shape index (κ1) is 15.0. The summed E-state index contributed by atoms with van der Waals surface area (Å²) in [6.07, 6.45) is 3.80. The molecule has 2 fully saturated rings. The molecule has 1 aromatic rings. The van der Waals surface area contributed by atoms with E-state index in [2.05, 4.69) is 4.72 Å². The summed E-state index contributed by atoms with van der Waals surface area (Å²) >= 11 is 0. The van der Waals surface area contributed by atoms with Crippen molar-refractivity contribution in [3.8, 4) is 0 Å². The lowest BCUT2D eigenvalue weighted by atomic mass is 9.96. The summed E-state index contributed by atoms with van der Waals surface area (Å²) in [6, 6.07) is 6.67. The fourth-order valence-corrected chi connectivity index (χ4v) is 4.51. The van der Waals surface area contributed by atoms with Crippen LogP contribution >= 0.6 is 0 Å². The van der Waals surface area contributed by atoms with Gasteiger partial charge in [-0.1, -0.05) is 19.1 Å². The minimum absolute atomic E-state index is 0.0332. The molecule has 3 N–H and O–H groups in total. The first-order valence-electron chi connectivity index (χ1n) is 7.53. The van der Waals surface area contributed by atoms with Crippen molar-refractivity contribution in [2.24, 2.45) is 5.73 Å². The zero-order chi connectivity index (χ0) is 15.0. The van der Waals surface area contributed by atoms with Crippen molar-refractivity contribution in [3.63, 3.8) is 0 Å². The zero-order valence-electron chi connectivity index (χ0n) is 12.2. The molecule has 21 heavy (non-hydrogen) atoms. The molecule has 2 saturated heterocycles. The molecule has 0 saturated carbocycles. The van der Waals surface area contributed by atoms with E-state index in [9.17, 15) is 8.42 Å². The summed E-state index contributed by atoms with van der Waals surface area (Å²) in [5.41, 5.74) is 6.84. The van der Waals surface area contributed by atoms with E-state index in [4.69, 9.17) is 10.5 Å². The predicted octanol–water partition coefficient (Wildman–Crippen LogP) is 1.69. The minimum Gasteiger partial charge on any atom is -0.373 e. The molecule has 0 spiro atoms. The highest BCUT2D eigenvalue weighted by atomic mass is 32.2. The zero-order valence-corrected chi connectivity index (χ0v) is 13.0. The van der Waals surface area contributed by atoms with Gasteiger partial charge in [-0.05, 0) is 43.4 Å². The summed E-state index contributed by atoms with van der Waals surface area (Å²) in [5, 5.41) is 0. The van der Waals surface area contributed by atoms with Crippen molar-refractivity contribution in [1.82, 2.24) is 4.72 Å². The Hall–Kier alpha value is -0.950. The van der Waals surface area contributed by atoms with Crippen LogP contribution < -0.4 is 10.5 Å². The van der Waals surface area contributed by atoms with Gasteiger partial charge in [0, 0.05) is 6.04 Å². The fraction of sp³-hybridized carbons (Fsp3) is 0.600. The van der Waals surface area contributed by atoms with Crippen LogP contribution in [0.25, 0.3) is 0 Å². The molecule has 4 unspecified atom stereocenters. The molecular weight excluding hydrogens is 288 g/mol. The van der Waals surface area contributed by atoms with Gasteiger partial charge in [0.25, 0.3) is 0 Å². The Bertz CT molecular complexity index is 617. The number of nitrogens with two attached hydrogens (primary N) is 1. The third-order valence-corrected chi connectivity index (χ3v) is 5.94. The van der Waals surface area contributed by atoms with Crippen molar-refractivity contribution in [1.29, 1.82) is 0 Å². The van der Waals surface area contributed by atoms with Crippen molar-refractivity contribution in [3.05, 3.63) is 29.8 Å². The molecule has 2 aliphatic heterocycles. The Labute approximate surface area is 125 Å². The Morgan fingerprint density at radius 1 is 1.43 bits per heavy atom. The van der Waals surface area contributed by atoms with Gasteiger partial charge in [-0.15, -0.1) is 0 Å². The van der Waals surface area contributed by atoms with Gasteiger partial charge in [0.15, 0.2) is 0 Å². The summed E-state index contributed by atoms with van der Waals surface area (Å²) in [6.45, 7) is 1.98. The highest BCUT2D eigenvalue weighted by Crippen LogP contribution is 2.35. The summed E-state index contributed by atoms with van der Waals surface area (Å²) in [7, 11) is -3.52. The molecule has 1 aromatic carbocycles. The van der Waals surface area contributed by atoms with Crippen LogP contribution in [0.4, 0.5) is 0 Å². The third kappa shape index (κ3) is 2.99. The Morgan fingerprint density at radius 3 is 2.86 bits per heavy atom. The average molecular weight is 310 g/mol. The standard InChI is InChI=1S/C15H22N2O3S/c1-2-13(16)10-4-3-5-12(8-10)21(18,19)17-14-9-11-6-7-15(14)20-11/h3-5,8,11,13-15,17H,2,6-7,9,16H2,1H3. The monoisotopic (exact) mass is 310 g/mol. The first-order chi connectivity index (χ1) is 9.99. The van der Waals surface area contributed by atoms with Crippen LogP contribution in [-0.4, -0.2) is 26.7 Å². The van der Waals surface area contributed by atoms with E-state index in [0.29, 0.717) is 0 Å². The van der Waals surface area contributed by atoms with Crippen molar-refractivity contribution >= 4 is 10.0 Å². The van der Waals surface area contributed by atoms with Crippen molar-refractivity contribution in [2.45, 2.75) is 61.8 Å². The molecular formula is C15H22N2O3S. The van der Waals surface area contributed by atoms with Crippen LogP contribution in [0.3, 0.4) is 0 Å². The Morgan fingerprint density at radius 2 is 2.24 bits per heavy atom. The van der Waals surface area contributed by atoms with Gasteiger partial charge in [-0.2, -0.15) is 0 Å². The second-order valence-electron chi connectivity index (χ2n) is 5.92. The highest BCUT2D eigenvalue weighted by molar-refractivity contribution is 7.89. The number of fused-ring (bicyclic) bond motifs is 2. The normalized spacial score (nSPS) is 29.7. The second kappa shape index (κ2) is 5.68. The number of sulfonamides is 1. The van der Waals surface area contributed by atoms with E-state index in [0.717, 1.165) is 31.2 Å². The maximum atomic E-state index is 12.5. The molecule has 116 valence electrons. The van der Waals surface area contributed by atoms with Crippen LogP contribution in [0.5, 0.6) is 0 Å². The summed E-state index contributed by atoms with van der Waals surface area (Å²) in [4.78, 5) is 0.284. The molecule has 0 aliphatic carbocycles. The van der Waals surface area contributed by atoms with Gasteiger partial charge in [0.05, 0.1) is 23.1 Å². The van der Waals surface area contributed by atoms with Crippen LogP contribution in [0.2, 0.25) is 0 Å². The predicted molar refractivity (Wildman–Crippen MR) is 80.3 cm³/mol. The van der Waals surface area contributed by atoms with Crippen LogP contribution in [0.1, 0.15) is 44.2 Å². The van der Waals surface area contributed by atoms with Crippen molar-refractivity contribution in [2.75, 3.05) is 0 Å². The van der Waals surface area contributed by atoms with Gasteiger partial charge < -0.3 is 10.5 Å².